The van der Waals surface area contributed by atoms with Crippen molar-refractivity contribution in [1.29, 1.82) is 0 Å². The summed E-state index contributed by atoms with van der Waals surface area (Å²) >= 11 is -2.06. The topological polar surface area (TPSA) is 110 Å². The van der Waals surface area contributed by atoms with Gasteiger partial charge in [0.25, 0.3) is 0 Å². The largest absolute Gasteiger partial charge is 0.325 e. The number of hydrogen-bond donors (Lipinski definition) is 2. The van der Waals surface area contributed by atoms with Crippen LogP contribution < -0.4 is 5.32 Å². The van der Waals surface area contributed by atoms with E-state index < -0.39 is 11.3 Å². The van der Waals surface area contributed by atoms with E-state index in [1.165, 1.54) is 9.87 Å². The summed E-state index contributed by atoms with van der Waals surface area (Å²) in [7, 11) is 3.71. The molecule has 12 heteroatoms. The first-order valence-electron chi connectivity index (χ1n) is 14.7. The minimum absolute atomic E-state index is 0.186. The molecule has 2 amide bonds. The standard InChI is InChI=1S/C31H38N8O3S/c1-35-17-19-38(20-18-35)31(40)37-15-13-24(14-16-37)23-7-9-26(10-8-23)33-30-32-21-27-11-12-29(39(27)34-30)28-6-4-3-5-25(28)22-36(2)43(41)42/h3-12,21,24H,13-20,22H2,1-2H3,(H,33,34)(H,41,42). The Hall–Kier alpha value is -3.84. The molecule has 0 aliphatic carbocycles. The van der Waals surface area contributed by atoms with Gasteiger partial charge in [-0.15, -0.1) is 5.10 Å². The van der Waals surface area contributed by atoms with Crippen molar-refractivity contribution in [1.82, 2.24) is 33.6 Å². The third kappa shape index (κ3) is 6.57. The van der Waals surface area contributed by atoms with Crippen LogP contribution in [0.4, 0.5) is 16.4 Å². The highest BCUT2D eigenvalue weighted by atomic mass is 32.2. The summed E-state index contributed by atoms with van der Waals surface area (Å²) in [6, 6.07) is 20.4. The van der Waals surface area contributed by atoms with Crippen LogP contribution in [0.25, 0.3) is 16.8 Å². The molecule has 6 rings (SSSR count). The first-order chi connectivity index (χ1) is 20.9. The van der Waals surface area contributed by atoms with Gasteiger partial charge in [-0.1, -0.05) is 36.4 Å². The predicted molar refractivity (Wildman–Crippen MR) is 168 cm³/mol. The minimum Gasteiger partial charge on any atom is -0.325 e. The second-order valence-electron chi connectivity index (χ2n) is 11.4. The van der Waals surface area contributed by atoms with Crippen LogP contribution in [-0.2, 0) is 17.8 Å². The fourth-order valence-electron chi connectivity index (χ4n) is 5.94. The van der Waals surface area contributed by atoms with E-state index in [1.807, 2.05) is 50.7 Å². The second-order valence-corrected chi connectivity index (χ2v) is 12.5. The van der Waals surface area contributed by atoms with Crippen molar-refractivity contribution in [2.75, 3.05) is 58.7 Å². The van der Waals surface area contributed by atoms with Crippen LogP contribution in [0, 0.1) is 0 Å². The van der Waals surface area contributed by atoms with Gasteiger partial charge in [0.1, 0.15) is 0 Å². The van der Waals surface area contributed by atoms with Crippen molar-refractivity contribution in [2.24, 2.45) is 0 Å². The van der Waals surface area contributed by atoms with Crippen LogP contribution in [0.2, 0.25) is 0 Å². The highest BCUT2D eigenvalue weighted by Crippen LogP contribution is 2.30. The molecule has 226 valence electrons. The Labute approximate surface area is 254 Å². The molecule has 1 atom stereocenters. The van der Waals surface area contributed by atoms with E-state index in [2.05, 4.69) is 46.5 Å². The number of hydrogen-bond acceptors (Lipinski definition) is 6. The van der Waals surface area contributed by atoms with E-state index in [-0.39, 0.29) is 6.03 Å². The second kappa shape index (κ2) is 12.8. The zero-order valence-electron chi connectivity index (χ0n) is 24.6. The smallest absolute Gasteiger partial charge is 0.320 e. The molecule has 2 aliphatic rings. The number of likely N-dealkylation sites (N-methyl/N-ethyl adjacent to an activating group) is 1. The summed E-state index contributed by atoms with van der Waals surface area (Å²) in [5.41, 5.74) is 5.76. The zero-order valence-corrected chi connectivity index (χ0v) is 25.4. The molecule has 0 bridgehead atoms. The van der Waals surface area contributed by atoms with Crippen LogP contribution in [0.5, 0.6) is 0 Å². The van der Waals surface area contributed by atoms with Crippen LogP contribution >= 0.6 is 0 Å². The Morgan fingerprint density at radius 2 is 1.67 bits per heavy atom. The Bertz CT molecular complexity index is 1590. The molecule has 2 aliphatic heterocycles. The van der Waals surface area contributed by atoms with Gasteiger partial charge in [-0.3, -0.25) is 4.55 Å². The number of likely N-dealkylation sites (tertiary alicyclic amines) is 1. The average molecular weight is 603 g/mol. The van der Waals surface area contributed by atoms with Crippen molar-refractivity contribution in [2.45, 2.75) is 25.3 Å². The summed E-state index contributed by atoms with van der Waals surface area (Å²) in [6.07, 6.45) is 3.71. The quantitative estimate of drug-likeness (QED) is 0.305. The van der Waals surface area contributed by atoms with Crippen molar-refractivity contribution in [3.63, 3.8) is 0 Å². The van der Waals surface area contributed by atoms with E-state index in [0.29, 0.717) is 18.4 Å². The molecule has 0 radical (unpaired) electrons. The maximum atomic E-state index is 13.0. The fraction of sp³-hybridized carbons (Fsp3) is 0.387. The molecular formula is C31H38N8O3S. The maximum Gasteiger partial charge on any atom is 0.320 e. The Balaban J connectivity index is 1.11. The first kappa shape index (κ1) is 29.2. The van der Waals surface area contributed by atoms with Gasteiger partial charge in [0.15, 0.2) is 0 Å². The molecule has 2 aromatic carbocycles. The lowest BCUT2D eigenvalue weighted by atomic mass is 9.89. The van der Waals surface area contributed by atoms with E-state index in [1.54, 1.807) is 13.2 Å². The third-order valence-electron chi connectivity index (χ3n) is 8.53. The number of urea groups is 1. The molecule has 4 heterocycles. The normalized spacial score (nSPS) is 17.5. The lowest BCUT2D eigenvalue weighted by Gasteiger charge is -2.39. The van der Waals surface area contributed by atoms with Gasteiger partial charge in [0.2, 0.25) is 17.2 Å². The van der Waals surface area contributed by atoms with Crippen molar-refractivity contribution < 1.29 is 13.6 Å². The zero-order chi connectivity index (χ0) is 29.9. The summed E-state index contributed by atoms with van der Waals surface area (Å²) in [5.74, 6) is 0.905. The van der Waals surface area contributed by atoms with Crippen LogP contribution in [0.1, 0.15) is 29.9 Å². The van der Waals surface area contributed by atoms with E-state index in [0.717, 1.165) is 80.1 Å². The van der Waals surface area contributed by atoms with E-state index in [9.17, 15) is 13.6 Å². The minimum atomic E-state index is -2.06. The molecule has 2 saturated heterocycles. The van der Waals surface area contributed by atoms with Crippen molar-refractivity contribution in [3.05, 3.63) is 78.0 Å². The molecule has 4 aromatic rings. The SMILES string of the molecule is CN1CCN(C(=O)N2CCC(c3ccc(Nc4ncc5ccc(-c6ccccc6CN(C)S(=O)O)n5n4)cc3)CC2)CC1. The summed E-state index contributed by atoms with van der Waals surface area (Å²) in [4.78, 5) is 23.8. The van der Waals surface area contributed by atoms with Crippen LogP contribution in [0.3, 0.4) is 0 Å². The van der Waals surface area contributed by atoms with E-state index in [4.69, 9.17) is 5.10 Å². The van der Waals surface area contributed by atoms with Gasteiger partial charge in [0, 0.05) is 64.1 Å². The molecule has 0 spiro atoms. The number of anilines is 2. The van der Waals surface area contributed by atoms with Crippen LogP contribution in [0.15, 0.2) is 66.9 Å². The number of piperidine rings is 1. The number of nitrogens with zero attached hydrogens (tertiary/aromatic N) is 7. The number of benzene rings is 2. The number of amides is 2. The molecule has 1 unspecified atom stereocenters. The summed E-state index contributed by atoms with van der Waals surface area (Å²) in [6.45, 7) is 5.40. The third-order valence-corrected chi connectivity index (χ3v) is 9.19. The number of fused-ring (bicyclic) bond motifs is 1. The van der Waals surface area contributed by atoms with Gasteiger partial charge < -0.3 is 20.0 Å². The van der Waals surface area contributed by atoms with Gasteiger partial charge in [0.05, 0.1) is 17.4 Å². The van der Waals surface area contributed by atoms with Crippen molar-refractivity contribution in [3.8, 4) is 11.3 Å². The number of piperazine rings is 1. The molecule has 2 fully saturated rings. The number of aromatic nitrogens is 3. The molecular weight excluding hydrogens is 564 g/mol. The molecule has 2 N–H and O–H groups in total. The first-order valence-corrected chi connectivity index (χ1v) is 15.8. The monoisotopic (exact) mass is 602 g/mol. The summed E-state index contributed by atoms with van der Waals surface area (Å²) in [5, 5.41) is 8.10. The van der Waals surface area contributed by atoms with Gasteiger partial charge in [-0.05, 0) is 61.2 Å². The van der Waals surface area contributed by atoms with Crippen molar-refractivity contribution >= 4 is 34.5 Å². The highest BCUT2D eigenvalue weighted by molar-refractivity contribution is 7.76. The predicted octanol–water partition coefficient (Wildman–Crippen LogP) is 4.26. The molecule has 0 saturated carbocycles. The van der Waals surface area contributed by atoms with Crippen LogP contribution in [-0.4, -0.2) is 102 Å². The summed E-state index contributed by atoms with van der Waals surface area (Å²) < 4.78 is 24.2. The van der Waals surface area contributed by atoms with E-state index >= 15 is 0 Å². The lowest BCUT2D eigenvalue weighted by molar-refractivity contribution is 0.113. The maximum absolute atomic E-state index is 13.0. The molecule has 43 heavy (non-hydrogen) atoms. The Kier molecular flexibility index (Phi) is 8.70. The number of carbonyl (C=O) groups is 1. The number of rotatable bonds is 7. The number of nitrogens with one attached hydrogen (secondary N) is 1. The van der Waals surface area contributed by atoms with Gasteiger partial charge in [-0.2, -0.15) is 4.31 Å². The van der Waals surface area contributed by atoms with Gasteiger partial charge in [-0.25, -0.2) is 18.5 Å². The molecule has 2 aromatic heterocycles. The average Bonchev–Trinajstić information content (AvgIpc) is 3.45. The van der Waals surface area contributed by atoms with Gasteiger partial charge >= 0.3 is 6.03 Å². The lowest BCUT2D eigenvalue weighted by Crippen LogP contribution is -2.53. The fourth-order valence-corrected chi connectivity index (χ4v) is 6.19. The highest BCUT2D eigenvalue weighted by Gasteiger charge is 2.28. The Morgan fingerprint density at radius 1 is 0.977 bits per heavy atom. The Morgan fingerprint density at radius 3 is 2.40 bits per heavy atom. The molecule has 11 nitrogen and oxygen atoms in total. The number of carbonyl (C=O) groups excluding carboxylic acids is 1.